The Kier molecular flexibility index (Phi) is 4.48. The quantitative estimate of drug-likeness (QED) is 0.279. The summed E-state index contributed by atoms with van der Waals surface area (Å²) in [6.07, 6.45) is 0.574. The molecule has 0 amide bonds. The monoisotopic (exact) mass is 306 g/mol. The zero-order chi connectivity index (χ0) is 15.5. The largest absolute Gasteiger partial charge is 0.497 e. The topological polar surface area (TPSA) is 52.6 Å². The third-order valence-electron chi connectivity index (χ3n) is 3.27. The molecular weight excluding hydrogens is 292 g/mol. The van der Waals surface area contributed by atoms with Crippen LogP contribution in [0, 0.1) is 0 Å². The second kappa shape index (κ2) is 6.14. The fourth-order valence-corrected chi connectivity index (χ4v) is 1.90. The van der Waals surface area contributed by atoms with Gasteiger partial charge in [-0.05, 0) is 41.5 Å². The molecule has 0 aliphatic rings. The van der Waals surface area contributed by atoms with Gasteiger partial charge in [0, 0.05) is 0 Å². The number of halogens is 1. The number of esters is 1. The van der Waals surface area contributed by atoms with Gasteiger partial charge in [0.1, 0.15) is 11.5 Å². The molecule has 0 saturated carbocycles. The Hall–Kier alpha value is -2.07. The van der Waals surface area contributed by atoms with E-state index in [2.05, 4.69) is 0 Å². The summed E-state index contributed by atoms with van der Waals surface area (Å²) in [6, 6.07) is 10.7. The van der Waals surface area contributed by atoms with E-state index in [-0.39, 0.29) is 6.42 Å². The molecule has 1 unspecified atom stereocenters. The first-order valence-electron chi connectivity index (χ1n) is 6.47. The van der Waals surface area contributed by atoms with Gasteiger partial charge in [0.25, 0.3) is 0 Å². The number of alkyl halides is 1. The average Bonchev–Trinajstić information content (AvgIpc) is 2.53. The number of benzene rings is 2. The molecule has 0 heterocycles. The number of ether oxygens (including phenoxy) is 2. The highest BCUT2D eigenvalue weighted by Crippen LogP contribution is 2.27. The van der Waals surface area contributed by atoms with Gasteiger partial charge >= 0.3 is 5.97 Å². The smallest absolute Gasteiger partial charge is 0.339 e. The maximum Gasteiger partial charge on any atom is 0.339 e. The van der Waals surface area contributed by atoms with E-state index in [1.807, 2.05) is 24.3 Å². The Bertz CT molecular complexity index is 683. The molecule has 0 aliphatic carbocycles. The molecule has 110 valence electrons. The van der Waals surface area contributed by atoms with E-state index in [4.69, 9.17) is 21.1 Å². The number of carbonyl (C=O) groups excluding carboxylic acids is 2. The van der Waals surface area contributed by atoms with Crippen LogP contribution in [0.15, 0.2) is 36.4 Å². The number of fused-ring (bicyclic) bond motifs is 1. The van der Waals surface area contributed by atoms with E-state index in [0.717, 1.165) is 16.5 Å². The summed E-state index contributed by atoms with van der Waals surface area (Å²) in [7, 11) is 1.60. The molecule has 2 aromatic carbocycles. The summed E-state index contributed by atoms with van der Waals surface area (Å²) in [6.45, 7) is 1.65. The molecule has 0 fully saturated rings. The average molecular weight is 307 g/mol. The highest BCUT2D eigenvalue weighted by molar-refractivity contribution is 6.42. The van der Waals surface area contributed by atoms with E-state index >= 15 is 0 Å². The normalized spacial score (nSPS) is 13.5. The van der Waals surface area contributed by atoms with Crippen LogP contribution in [0.4, 0.5) is 0 Å². The number of carbonyl (C=O) groups is 2. The highest BCUT2D eigenvalue weighted by atomic mass is 35.5. The lowest BCUT2D eigenvalue weighted by Gasteiger charge is -2.16. The van der Waals surface area contributed by atoms with Crippen molar-refractivity contribution in [1.82, 2.24) is 0 Å². The molecule has 0 spiro atoms. The van der Waals surface area contributed by atoms with Crippen LogP contribution in [0.5, 0.6) is 11.5 Å². The van der Waals surface area contributed by atoms with Crippen LogP contribution in [0.25, 0.3) is 10.8 Å². The van der Waals surface area contributed by atoms with Gasteiger partial charge in [-0.2, -0.15) is 0 Å². The van der Waals surface area contributed by atoms with E-state index in [1.54, 1.807) is 26.2 Å². The maximum atomic E-state index is 11.9. The summed E-state index contributed by atoms with van der Waals surface area (Å²) >= 11 is 5.91. The Morgan fingerprint density at radius 1 is 1.19 bits per heavy atom. The summed E-state index contributed by atoms with van der Waals surface area (Å²) in [5.74, 6) is 0.325. The molecule has 5 heteroatoms. The molecule has 2 aromatic rings. The van der Waals surface area contributed by atoms with Crippen molar-refractivity contribution in [3.8, 4) is 11.5 Å². The van der Waals surface area contributed by atoms with Gasteiger partial charge in [-0.3, -0.25) is 0 Å². The van der Waals surface area contributed by atoms with Crippen LogP contribution in [0.1, 0.15) is 13.3 Å². The SMILES string of the molecule is CCC(Cl)(C=O)C(=O)Oc1ccc2cc(OC)ccc2c1. The predicted octanol–water partition coefficient (Wildman–Crippen LogP) is 3.34. The van der Waals surface area contributed by atoms with Crippen LogP contribution in [-0.2, 0) is 9.59 Å². The first kappa shape index (κ1) is 15.3. The van der Waals surface area contributed by atoms with Crippen LogP contribution < -0.4 is 9.47 Å². The molecule has 4 nitrogen and oxygen atoms in total. The molecule has 1 atom stereocenters. The van der Waals surface area contributed by atoms with Gasteiger partial charge in [0.15, 0.2) is 11.2 Å². The summed E-state index contributed by atoms with van der Waals surface area (Å²) in [5.41, 5.74) is 0. The minimum absolute atomic E-state index is 0.168. The fourth-order valence-electron chi connectivity index (χ4n) is 1.86. The minimum Gasteiger partial charge on any atom is -0.497 e. The summed E-state index contributed by atoms with van der Waals surface area (Å²) in [4.78, 5) is 21.2. The van der Waals surface area contributed by atoms with Gasteiger partial charge < -0.3 is 14.3 Å². The summed E-state index contributed by atoms with van der Waals surface area (Å²) < 4.78 is 10.3. The van der Waals surface area contributed by atoms with Gasteiger partial charge in [0.05, 0.1) is 7.11 Å². The van der Waals surface area contributed by atoms with Crippen molar-refractivity contribution in [2.45, 2.75) is 18.2 Å². The molecule has 0 aliphatic heterocycles. The Balaban J connectivity index is 2.27. The van der Waals surface area contributed by atoms with E-state index in [9.17, 15) is 9.59 Å². The summed E-state index contributed by atoms with van der Waals surface area (Å²) in [5, 5.41) is 1.85. The molecule has 2 rings (SSSR count). The zero-order valence-electron chi connectivity index (χ0n) is 11.8. The van der Waals surface area contributed by atoms with Crippen molar-refractivity contribution < 1.29 is 19.1 Å². The number of aldehydes is 1. The van der Waals surface area contributed by atoms with Crippen LogP contribution >= 0.6 is 11.6 Å². The van der Waals surface area contributed by atoms with Crippen LogP contribution in [0.2, 0.25) is 0 Å². The van der Waals surface area contributed by atoms with Crippen molar-refractivity contribution in [3.05, 3.63) is 36.4 Å². The fraction of sp³-hybridized carbons (Fsp3) is 0.250. The van der Waals surface area contributed by atoms with Crippen LogP contribution in [-0.4, -0.2) is 24.2 Å². The lowest BCUT2D eigenvalue weighted by molar-refractivity contribution is -0.139. The molecule has 21 heavy (non-hydrogen) atoms. The Labute approximate surface area is 127 Å². The minimum atomic E-state index is -1.63. The molecule has 0 radical (unpaired) electrons. The Morgan fingerprint density at radius 2 is 1.76 bits per heavy atom. The third-order valence-corrected chi connectivity index (χ3v) is 3.78. The lowest BCUT2D eigenvalue weighted by Crippen LogP contribution is -2.37. The van der Waals surface area contributed by atoms with Gasteiger partial charge in [-0.1, -0.05) is 30.7 Å². The van der Waals surface area contributed by atoms with Gasteiger partial charge in [0.2, 0.25) is 0 Å². The second-order valence-electron chi connectivity index (χ2n) is 4.60. The molecule has 0 aromatic heterocycles. The molecule has 0 saturated heterocycles. The van der Waals surface area contributed by atoms with Crippen molar-refractivity contribution in [1.29, 1.82) is 0 Å². The first-order chi connectivity index (χ1) is 10.0. The number of rotatable bonds is 5. The van der Waals surface area contributed by atoms with Gasteiger partial charge in [-0.15, -0.1) is 0 Å². The standard InChI is InChI=1S/C16H15ClO4/c1-3-16(17,10-18)15(19)21-14-7-5-11-8-13(20-2)6-4-12(11)9-14/h4-10H,3H2,1-2H3. The van der Waals surface area contributed by atoms with Gasteiger partial charge in [-0.25, -0.2) is 4.79 Å². The van der Waals surface area contributed by atoms with Crippen molar-refractivity contribution >= 4 is 34.6 Å². The number of methoxy groups -OCH3 is 1. The number of hydrogen-bond donors (Lipinski definition) is 0. The number of hydrogen-bond acceptors (Lipinski definition) is 4. The molecule has 0 N–H and O–H groups in total. The highest BCUT2D eigenvalue weighted by Gasteiger charge is 2.36. The molecule has 0 bridgehead atoms. The first-order valence-corrected chi connectivity index (χ1v) is 6.85. The van der Waals surface area contributed by atoms with Crippen molar-refractivity contribution in [2.75, 3.05) is 7.11 Å². The van der Waals surface area contributed by atoms with E-state index in [1.165, 1.54) is 0 Å². The predicted molar refractivity (Wildman–Crippen MR) is 81.1 cm³/mol. The second-order valence-corrected chi connectivity index (χ2v) is 5.27. The van der Waals surface area contributed by atoms with E-state index in [0.29, 0.717) is 12.0 Å². The Morgan fingerprint density at radius 3 is 2.29 bits per heavy atom. The maximum absolute atomic E-state index is 11.9. The van der Waals surface area contributed by atoms with Crippen molar-refractivity contribution in [2.24, 2.45) is 0 Å². The zero-order valence-corrected chi connectivity index (χ0v) is 12.5. The van der Waals surface area contributed by atoms with Crippen LogP contribution in [0.3, 0.4) is 0 Å². The van der Waals surface area contributed by atoms with Crippen molar-refractivity contribution in [3.63, 3.8) is 0 Å². The third kappa shape index (κ3) is 3.16. The lowest BCUT2D eigenvalue weighted by atomic mass is 10.1. The molecular formula is C16H15ClO4. The van der Waals surface area contributed by atoms with E-state index < -0.39 is 10.8 Å².